The Balaban J connectivity index is 2.37. The molecule has 0 aliphatic rings. The summed E-state index contributed by atoms with van der Waals surface area (Å²) < 4.78 is 43.8. The molecule has 7 heteroatoms. The van der Waals surface area contributed by atoms with Crippen LogP contribution < -0.4 is 10.5 Å². The van der Waals surface area contributed by atoms with E-state index in [1.165, 1.54) is 12.1 Å². The molecule has 0 aliphatic heterocycles. The lowest BCUT2D eigenvalue weighted by Gasteiger charge is -2.09. The number of benzene rings is 1. The van der Waals surface area contributed by atoms with E-state index in [4.69, 9.17) is 10.5 Å². The number of anilines is 1. The quantitative estimate of drug-likeness (QED) is 0.766. The first kappa shape index (κ1) is 16.5. The second-order valence-electron chi connectivity index (χ2n) is 4.76. The minimum absolute atomic E-state index is 0.183. The summed E-state index contributed by atoms with van der Waals surface area (Å²) in [5.41, 5.74) is 5.44. The second kappa shape index (κ2) is 6.48. The van der Waals surface area contributed by atoms with Crippen molar-refractivity contribution in [1.29, 1.82) is 0 Å². The van der Waals surface area contributed by atoms with Gasteiger partial charge in [0.1, 0.15) is 5.00 Å². The summed E-state index contributed by atoms with van der Waals surface area (Å²) in [5.74, 6) is -0.210. The number of ether oxygens (including phenoxy) is 1. The molecule has 120 valence electrons. The zero-order valence-electron chi connectivity index (χ0n) is 11.9. The molecule has 0 radical (unpaired) electrons. The number of alkyl halides is 3. The SMILES string of the molecule is CCCCOc1sc(N)c(-c2cccc(C(F)(F)F)c2)c1O. The lowest BCUT2D eigenvalue weighted by molar-refractivity contribution is -0.137. The van der Waals surface area contributed by atoms with Crippen LogP contribution in [0, 0.1) is 0 Å². The van der Waals surface area contributed by atoms with Crippen molar-refractivity contribution in [3.8, 4) is 21.9 Å². The Morgan fingerprint density at radius 1 is 1.32 bits per heavy atom. The average Bonchev–Trinajstić information content (AvgIpc) is 2.73. The molecule has 1 aromatic heterocycles. The van der Waals surface area contributed by atoms with Gasteiger partial charge in [0.2, 0.25) is 5.06 Å². The van der Waals surface area contributed by atoms with E-state index in [1.807, 2.05) is 6.92 Å². The fourth-order valence-electron chi connectivity index (χ4n) is 1.96. The van der Waals surface area contributed by atoms with Gasteiger partial charge in [-0.2, -0.15) is 13.2 Å². The molecular weight excluding hydrogens is 315 g/mol. The van der Waals surface area contributed by atoms with Gasteiger partial charge in [-0.1, -0.05) is 36.8 Å². The van der Waals surface area contributed by atoms with E-state index < -0.39 is 11.7 Å². The van der Waals surface area contributed by atoms with E-state index in [2.05, 4.69) is 0 Å². The summed E-state index contributed by atoms with van der Waals surface area (Å²) in [6.07, 6.45) is -2.70. The highest BCUT2D eigenvalue weighted by atomic mass is 32.1. The van der Waals surface area contributed by atoms with Crippen molar-refractivity contribution in [3.05, 3.63) is 29.8 Å². The van der Waals surface area contributed by atoms with Crippen molar-refractivity contribution < 1.29 is 23.0 Å². The molecular formula is C15H16F3NO2S. The molecule has 0 atom stereocenters. The zero-order valence-corrected chi connectivity index (χ0v) is 12.7. The Labute approximate surface area is 130 Å². The van der Waals surface area contributed by atoms with Crippen molar-refractivity contribution in [3.63, 3.8) is 0 Å². The normalized spacial score (nSPS) is 11.6. The maximum atomic E-state index is 12.8. The topological polar surface area (TPSA) is 55.5 Å². The van der Waals surface area contributed by atoms with Gasteiger partial charge in [-0.05, 0) is 24.1 Å². The molecule has 0 bridgehead atoms. The van der Waals surface area contributed by atoms with Crippen LogP contribution in [0.1, 0.15) is 25.3 Å². The first-order chi connectivity index (χ1) is 10.3. The summed E-state index contributed by atoms with van der Waals surface area (Å²) >= 11 is 1.02. The van der Waals surface area contributed by atoms with Gasteiger partial charge in [0.15, 0.2) is 5.75 Å². The Kier molecular flexibility index (Phi) is 4.85. The van der Waals surface area contributed by atoms with Crippen LogP contribution in [0.2, 0.25) is 0 Å². The van der Waals surface area contributed by atoms with Crippen LogP contribution in [0.3, 0.4) is 0 Å². The zero-order chi connectivity index (χ0) is 16.3. The average molecular weight is 331 g/mol. The number of unbranched alkanes of at least 4 members (excludes halogenated alkanes) is 1. The Morgan fingerprint density at radius 2 is 2.05 bits per heavy atom. The summed E-state index contributed by atoms with van der Waals surface area (Å²) in [7, 11) is 0. The Bertz CT molecular complexity index is 653. The summed E-state index contributed by atoms with van der Waals surface area (Å²) in [6, 6.07) is 4.70. The smallest absolute Gasteiger partial charge is 0.416 e. The molecule has 0 fully saturated rings. The fourth-order valence-corrected chi connectivity index (χ4v) is 2.81. The van der Waals surface area contributed by atoms with Crippen molar-refractivity contribution in [2.75, 3.05) is 12.3 Å². The fraction of sp³-hybridized carbons (Fsp3) is 0.333. The van der Waals surface area contributed by atoms with Crippen LogP contribution >= 0.6 is 11.3 Å². The van der Waals surface area contributed by atoms with Crippen LogP contribution in [0.15, 0.2) is 24.3 Å². The van der Waals surface area contributed by atoms with E-state index in [0.717, 1.165) is 36.3 Å². The summed E-state index contributed by atoms with van der Waals surface area (Å²) in [4.78, 5) is 0. The molecule has 0 amide bonds. The molecule has 0 aliphatic carbocycles. The van der Waals surface area contributed by atoms with Crippen molar-refractivity contribution in [2.45, 2.75) is 25.9 Å². The lowest BCUT2D eigenvalue weighted by Crippen LogP contribution is -2.04. The van der Waals surface area contributed by atoms with Gasteiger partial charge in [0.25, 0.3) is 0 Å². The van der Waals surface area contributed by atoms with E-state index in [-0.39, 0.29) is 26.9 Å². The number of halogens is 3. The number of nitrogen functional groups attached to an aromatic ring is 1. The van der Waals surface area contributed by atoms with Crippen molar-refractivity contribution in [1.82, 2.24) is 0 Å². The standard InChI is InChI=1S/C15H16F3NO2S/c1-2-3-7-21-14-12(20)11(13(19)22-14)9-5-4-6-10(8-9)15(16,17)18/h4-6,8,20H,2-3,7,19H2,1H3. The first-order valence-corrected chi connectivity index (χ1v) is 7.58. The molecule has 0 saturated carbocycles. The summed E-state index contributed by atoms with van der Waals surface area (Å²) in [6.45, 7) is 2.42. The van der Waals surface area contributed by atoms with E-state index >= 15 is 0 Å². The first-order valence-electron chi connectivity index (χ1n) is 6.76. The Hall–Kier alpha value is -1.89. The molecule has 2 aromatic rings. The predicted octanol–water partition coefficient (Wildman–Crippen LogP) is 4.90. The Morgan fingerprint density at radius 3 is 2.68 bits per heavy atom. The van der Waals surface area contributed by atoms with Crippen LogP contribution in [0.25, 0.3) is 11.1 Å². The van der Waals surface area contributed by atoms with E-state index in [9.17, 15) is 18.3 Å². The van der Waals surface area contributed by atoms with Gasteiger partial charge in [-0.25, -0.2) is 0 Å². The highest BCUT2D eigenvalue weighted by Gasteiger charge is 2.31. The van der Waals surface area contributed by atoms with Gasteiger partial charge in [-0.3, -0.25) is 0 Å². The lowest BCUT2D eigenvalue weighted by atomic mass is 10.0. The molecule has 3 N–H and O–H groups in total. The van der Waals surface area contributed by atoms with Crippen LogP contribution in [-0.2, 0) is 6.18 Å². The molecule has 2 rings (SSSR count). The third-order valence-electron chi connectivity index (χ3n) is 3.09. The predicted molar refractivity (Wildman–Crippen MR) is 81.2 cm³/mol. The minimum Gasteiger partial charge on any atom is -0.503 e. The number of nitrogens with two attached hydrogens (primary N) is 1. The van der Waals surface area contributed by atoms with Gasteiger partial charge < -0.3 is 15.6 Å². The van der Waals surface area contributed by atoms with Crippen molar-refractivity contribution >= 4 is 16.3 Å². The molecule has 0 unspecified atom stereocenters. The van der Waals surface area contributed by atoms with Crippen LogP contribution in [-0.4, -0.2) is 11.7 Å². The molecule has 3 nitrogen and oxygen atoms in total. The van der Waals surface area contributed by atoms with Gasteiger partial charge in [0.05, 0.1) is 17.7 Å². The maximum Gasteiger partial charge on any atom is 0.416 e. The highest BCUT2D eigenvalue weighted by Crippen LogP contribution is 2.49. The van der Waals surface area contributed by atoms with Gasteiger partial charge in [-0.15, -0.1) is 0 Å². The molecule has 0 saturated heterocycles. The van der Waals surface area contributed by atoms with Crippen LogP contribution in [0.4, 0.5) is 18.2 Å². The van der Waals surface area contributed by atoms with Crippen LogP contribution in [0.5, 0.6) is 10.8 Å². The number of thiophene rings is 1. The number of hydrogen-bond acceptors (Lipinski definition) is 4. The molecule has 1 heterocycles. The highest BCUT2D eigenvalue weighted by molar-refractivity contribution is 7.18. The number of hydrogen-bond donors (Lipinski definition) is 2. The maximum absolute atomic E-state index is 12.8. The number of aromatic hydroxyl groups is 1. The van der Waals surface area contributed by atoms with E-state index in [0.29, 0.717) is 6.61 Å². The minimum atomic E-state index is -4.45. The van der Waals surface area contributed by atoms with Crippen molar-refractivity contribution in [2.24, 2.45) is 0 Å². The third kappa shape index (κ3) is 3.47. The van der Waals surface area contributed by atoms with Gasteiger partial charge in [0, 0.05) is 0 Å². The van der Waals surface area contributed by atoms with E-state index in [1.54, 1.807) is 0 Å². The number of rotatable bonds is 5. The largest absolute Gasteiger partial charge is 0.503 e. The summed E-state index contributed by atoms with van der Waals surface area (Å²) in [5, 5.41) is 10.6. The second-order valence-corrected chi connectivity index (χ2v) is 5.77. The molecule has 1 aromatic carbocycles. The van der Waals surface area contributed by atoms with Gasteiger partial charge >= 0.3 is 6.18 Å². The monoisotopic (exact) mass is 331 g/mol. The third-order valence-corrected chi connectivity index (χ3v) is 4.01. The molecule has 22 heavy (non-hydrogen) atoms. The molecule has 0 spiro atoms.